The fourth-order valence-electron chi connectivity index (χ4n) is 2.09. The number of methoxy groups -OCH3 is 2. The molecule has 0 bridgehead atoms. The van der Waals surface area contributed by atoms with E-state index in [0.717, 1.165) is 5.56 Å². The summed E-state index contributed by atoms with van der Waals surface area (Å²) in [6.45, 7) is 3.47. The van der Waals surface area contributed by atoms with E-state index in [2.05, 4.69) is 5.32 Å². The second-order valence-corrected chi connectivity index (χ2v) is 5.50. The predicted molar refractivity (Wildman–Crippen MR) is 94.2 cm³/mol. The predicted octanol–water partition coefficient (Wildman–Crippen LogP) is 3.20. The third kappa shape index (κ3) is 4.97. The van der Waals surface area contributed by atoms with Crippen molar-refractivity contribution in [1.29, 1.82) is 0 Å². The van der Waals surface area contributed by atoms with Crippen LogP contribution < -0.4 is 14.8 Å². The number of esters is 1. The number of amides is 1. The highest BCUT2D eigenvalue weighted by Gasteiger charge is 2.20. The van der Waals surface area contributed by atoms with Gasteiger partial charge in [0.1, 0.15) is 11.5 Å². The van der Waals surface area contributed by atoms with Gasteiger partial charge in [0.2, 0.25) is 0 Å². The number of rotatable bonds is 6. The molecule has 2 aromatic rings. The Morgan fingerprint density at radius 1 is 0.960 bits per heavy atom. The maximum absolute atomic E-state index is 12.3. The van der Waals surface area contributed by atoms with Crippen LogP contribution in [0.2, 0.25) is 0 Å². The van der Waals surface area contributed by atoms with Crippen LogP contribution in [-0.2, 0) is 9.53 Å². The molecule has 0 aliphatic heterocycles. The van der Waals surface area contributed by atoms with Gasteiger partial charge < -0.3 is 19.5 Å². The summed E-state index contributed by atoms with van der Waals surface area (Å²) >= 11 is 0. The molecule has 0 aliphatic rings. The van der Waals surface area contributed by atoms with Gasteiger partial charge in [0.15, 0.2) is 6.10 Å². The molecule has 0 saturated carbocycles. The van der Waals surface area contributed by atoms with Gasteiger partial charge in [-0.3, -0.25) is 4.79 Å². The molecule has 0 aromatic heterocycles. The van der Waals surface area contributed by atoms with Crippen LogP contribution in [0.4, 0.5) is 5.69 Å². The fourth-order valence-corrected chi connectivity index (χ4v) is 2.09. The highest BCUT2D eigenvalue weighted by molar-refractivity contribution is 5.97. The Morgan fingerprint density at radius 3 is 2.04 bits per heavy atom. The molecule has 1 amide bonds. The molecule has 1 N–H and O–H groups in total. The summed E-state index contributed by atoms with van der Waals surface area (Å²) in [5.74, 6) is -0.123. The summed E-state index contributed by atoms with van der Waals surface area (Å²) in [6.07, 6.45) is -0.953. The molecule has 0 heterocycles. The minimum Gasteiger partial charge on any atom is -0.497 e. The van der Waals surface area contributed by atoms with E-state index in [9.17, 15) is 9.59 Å². The van der Waals surface area contributed by atoms with Crippen molar-refractivity contribution in [1.82, 2.24) is 0 Å². The molecule has 0 fully saturated rings. The molecule has 0 saturated heterocycles. The van der Waals surface area contributed by atoms with E-state index < -0.39 is 18.0 Å². The van der Waals surface area contributed by atoms with Crippen molar-refractivity contribution in [3.05, 3.63) is 53.6 Å². The van der Waals surface area contributed by atoms with Crippen molar-refractivity contribution < 1.29 is 23.8 Å². The van der Waals surface area contributed by atoms with Gasteiger partial charge in [0.05, 0.1) is 19.8 Å². The lowest BCUT2D eigenvalue weighted by Crippen LogP contribution is -2.30. The van der Waals surface area contributed by atoms with Crippen molar-refractivity contribution in [2.45, 2.75) is 20.0 Å². The Bertz CT molecular complexity index is 733. The van der Waals surface area contributed by atoms with Crippen molar-refractivity contribution in [2.75, 3.05) is 19.5 Å². The van der Waals surface area contributed by atoms with E-state index in [1.807, 2.05) is 19.1 Å². The van der Waals surface area contributed by atoms with Crippen LogP contribution in [0.3, 0.4) is 0 Å². The van der Waals surface area contributed by atoms with Crippen molar-refractivity contribution in [3.63, 3.8) is 0 Å². The highest BCUT2D eigenvalue weighted by Crippen LogP contribution is 2.23. The molecule has 1 atom stereocenters. The minimum atomic E-state index is -0.953. The standard InChI is InChI=1S/C19H21NO5/c1-12-5-7-15(8-6-12)20-18(21)13(2)25-19(22)14-9-16(23-3)11-17(10-14)24-4/h5-11,13H,1-4H3,(H,20,21)/t13-/m0/s1. The van der Waals surface area contributed by atoms with Crippen molar-refractivity contribution in [3.8, 4) is 11.5 Å². The minimum absolute atomic E-state index is 0.242. The average molecular weight is 343 g/mol. The molecule has 2 rings (SSSR count). The number of carbonyl (C=O) groups is 2. The zero-order chi connectivity index (χ0) is 18.4. The van der Waals surface area contributed by atoms with E-state index >= 15 is 0 Å². The molecule has 2 aromatic carbocycles. The molecule has 0 spiro atoms. The summed E-state index contributed by atoms with van der Waals surface area (Å²) in [7, 11) is 2.98. The monoisotopic (exact) mass is 343 g/mol. The third-order valence-electron chi connectivity index (χ3n) is 3.56. The number of carbonyl (C=O) groups excluding carboxylic acids is 2. The zero-order valence-corrected chi connectivity index (χ0v) is 14.7. The number of hydrogen-bond donors (Lipinski definition) is 1. The van der Waals surface area contributed by atoms with Crippen LogP contribution in [0.15, 0.2) is 42.5 Å². The van der Waals surface area contributed by atoms with Crippen LogP contribution in [0, 0.1) is 6.92 Å². The largest absolute Gasteiger partial charge is 0.497 e. The number of benzene rings is 2. The average Bonchev–Trinajstić information content (AvgIpc) is 2.62. The molecule has 6 heteroatoms. The molecular formula is C19H21NO5. The van der Waals surface area contributed by atoms with Gasteiger partial charge >= 0.3 is 5.97 Å². The lowest BCUT2D eigenvalue weighted by atomic mass is 10.2. The summed E-state index contributed by atoms with van der Waals surface area (Å²) in [6, 6.07) is 12.0. The van der Waals surface area contributed by atoms with Gasteiger partial charge in [-0.05, 0) is 38.1 Å². The maximum atomic E-state index is 12.3. The number of hydrogen-bond acceptors (Lipinski definition) is 5. The molecule has 0 unspecified atom stereocenters. The third-order valence-corrected chi connectivity index (χ3v) is 3.56. The summed E-state index contributed by atoms with van der Waals surface area (Å²) in [4.78, 5) is 24.5. The van der Waals surface area contributed by atoms with E-state index in [4.69, 9.17) is 14.2 Å². The zero-order valence-electron chi connectivity index (χ0n) is 14.7. The second-order valence-electron chi connectivity index (χ2n) is 5.50. The molecule has 6 nitrogen and oxygen atoms in total. The first kappa shape index (κ1) is 18.3. The summed E-state index contributed by atoms with van der Waals surface area (Å²) < 4.78 is 15.5. The van der Waals surface area contributed by atoms with Crippen LogP contribution in [0.25, 0.3) is 0 Å². The molecule has 25 heavy (non-hydrogen) atoms. The SMILES string of the molecule is COc1cc(OC)cc(C(=O)O[C@@H](C)C(=O)Nc2ccc(C)cc2)c1. The fraction of sp³-hybridized carbons (Fsp3) is 0.263. The van der Waals surface area contributed by atoms with Crippen LogP contribution in [0.1, 0.15) is 22.8 Å². The number of anilines is 1. The first-order valence-electron chi connectivity index (χ1n) is 7.74. The van der Waals surface area contributed by atoms with Gasteiger partial charge in [-0.2, -0.15) is 0 Å². The number of aryl methyl sites for hydroxylation is 1. The van der Waals surface area contributed by atoms with E-state index in [1.165, 1.54) is 33.3 Å². The quantitative estimate of drug-likeness (QED) is 0.816. The lowest BCUT2D eigenvalue weighted by molar-refractivity contribution is -0.123. The second kappa shape index (κ2) is 8.19. The molecule has 132 valence electrons. The highest BCUT2D eigenvalue weighted by atomic mass is 16.5. The van der Waals surface area contributed by atoms with Gasteiger partial charge in [-0.1, -0.05) is 17.7 Å². The Balaban J connectivity index is 2.03. The van der Waals surface area contributed by atoms with E-state index in [-0.39, 0.29) is 5.56 Å². The Kier molecular flexibility index (Phi) is 6.00. The summed E-state index contributed by atoms with van der Waals surface area (Å²) in [5, 5.41) is 2.71. The van der Waals surface area contributed by atoms with Crippen LogP contribution >= 0.6 is 0 Å². The van der Waals surface area contributed by atoms with Crippen LogP contribution in [0.5, 0.6) is 11.5 Å². The molecular weight excluding hydrogens is 322 g/mol. The van der Waals surface area contributed by atoms with Gasteiger partial charge in [-0.15, -0.1) is 0 Å². The first-order valence-corrected chi connectivity index (χ1v) is 7.74. The Labute approximate surface area is 146 Å². The van der Waals surface area contributed by atoms with Gasteiger partial charge in [-0.25, -0.2) is 4.79 Å². The Morgan fingerprint density at radius 2 is 1.52 bits per heavy atom. The molecule has 0 aliphatic carbocycles. The number of nitrogens with one attached hydrogen (secondary N) is 1. The van der Waals surface area contributed by atoms with Crippen molar-refractivity contribution >= 4 is 17.6 Å². The lowest BCUT2D eigenvalue weighted by Gasteiger charge is -2.14. The first-order chi connectivity index (χ1) is 11.9. The van der Waals surface area contributed by atoms with Crippen LogP contribution in [-0.4, -0.2) is 32.2 Å². The van der Waals surface area contributed by atoms with Crippen molar-refractivity contribution in [2.24, 2.45) is 0 Å². The van der Waals surface area contributed by atoms with E-state index in [1.54, 1.807) is 18.2 Å². The summed E-state index contributed by atoms with van der Waals surface area (Å²) in [5.41, 5.74) is 1.97. The maximum Gasteiger partial charge on any atom is 0.339 e. The topological polar surface area (TPSA) is 73.9 Å². The van der Waals surface area contributed by atoms with Gasteiger partial charge in [0.25, 0.3) is 5.91 Å². The molecule has 0 radical (unpaired) electrons. The van der Waals surface area contributed by atoms with Gasteiger partial charge in [0, 0.05) is 11.8 Å². The number of ether oxygens (including phenoxy) is 3. The Hall–Kier alpha value is -3.02. The smallest absolute Gasteiger partial charge is 0.339 e. The van der Waals surface area contributed by atoms with E-state index in [0.29, 0.717) is 17.2 Å². The normalized spacial score (nSPS) is 11.4.